The molecule has 0 heterocycles. The average molecular weight is 153 g/mol. The van der Waals surface area contributed by atoms with Gasteiger partial charge in [0.25, 0.3) is 0 Å². The van der Waals surface area contributed by atoms with E-state index in [4.69, 9.17) is 5.26 Å². The molecule has 1 heteroatoms. The Morgan fingerprint density at radius 2 is 1.73 bits per heavy atom. The van der Waals surface area contributed by atoms with Crippen molar-refractivity contribution in [3.8, 4) is 6.07 Å². The second kappa shape index (κ2) is 4.38. The lowest BCUT2D eigenvalue weighted by Gasteiger charge is -2.38. The lowest BCUT2D eigenvalue weighted by molar-refractivity contribution is 0.141. The topological polar surface area (TPSA) is 23.8 Å². The average Bonchev–Trinajstić information content (AvgIpc) is 1.90. The van der Waals surface area contributed by atoms with Crippen LogP contribution < -0.4 is 0 Å². The Labute approximate surface area is 70.4 Å². The summed E-state index contributed by atoms with van der Waals surface area (Å²) >= 11 is 0. The smallest absolute Gasteiger partial charge is 0.0692 e. The van der Waals surface area contributed by atoms with Crippen LogP contribution in [0.1, 0.15) is 47.0 Å². The summed E-state index contributed by atoms with van der Waals surface area (Å²) in [6, 6.07) is 2.41. The Morgan fingerprint density at radius 3 is 1.73 bits per heavy atom. The third kappa shape index (κ3) is 1.96. The molecule has 1 aliphatic carbocycles. The quantitative estimate of drug-likeness (QED) is 0.566. The van der Waals surface area contributed by atoms with Gasteiger partial charge in [-0.25, -0.2) is 0 Å². The molecule has 1 saturated carbocycles. The van der Waals surface area contributed by atoms with E-state index in [2.05, 4.69) is 19.9 Å². The maximum Gasteiger partial charge on any atom is 0.0692 e. The lowest BCUT2D eigenvalue weighted by atomic mass is 9.63. The molecule has 1 aliphatic rings. The van der Waals surface area contributed by atoms with Crippen LogP contribution >= 0.6 is 0 Å². The fourth-order valence-corrected chi connectivity index (χ4v) is 1.38. The minimum absolute atomic E-state index is 0.0694. The number of nitriles is 1. The fraction of sp³-hybridized carbons (Fsp3) is 0.900. The third-order valence-corrected chi connectivity index (χ3v) is 2.57. The zero-order chi connectivity index (χ0) is 8.91. The Hall–Kier alpha value is -0.510. The van der Waals surface area contributed by atoms with E-state index in [9.17, 15) is 0 Å². The van der Waals surface area contributed by atoms with E-state index in [-0.39, 0.29) is 5.41 Å². The second-order valence-corrected chi connectivity index (χ2v) is 3.28. The molecule has 0 unspecified atom stereocenters. The second-order valence-electron chi connectivity index (χ2n) is 3.28. The Bertz CT molecular complexity index is 137. The summed E-state index contributed by atoms with van der Waals surface area (Å²) in [7, 11) is 0. The zero-order valence-corrected chi connectivity index (χ0v) is 8.15. The molecule has 0 spiro atoms. The van der Waals surface area contributed by atoms with Crippen LogP contribution in [0.25, 0.3) is 0 Å². The molecular weight excluding hydrogens is 134 g/mol. The molecule has 64 valence electrons. The standard InChI is InChI=1S/C8H13N.C2H6/c1-7(2)8(6-9)4-3-5-8;1-2/h7H,3-5H2,1-2H3;1-2H3. The van der Waals surface area contributed by atoms with E-state index in [1.54, 1.807) is 0 Å². The molecule has 0 atom stereocenters. The van der Waals surface area contributed by atoms with Gasteiger partial charge in [-0.05, 0) is 18.8 Å². The van der Waals surface area contributed by atoms with Crippen molar-refractivity contribution < 1.29 is 0 Å². The van der Waals surface area contributed by atoms with Crippen molar-refractivity contribution in [1.29, 1.82) is 5.26 Å². The SMILES string of the molecule is CC.CC(C)C1(C#N)CCC1. The van der Waals surface area contributed by atoms with Gasteiger partial charge >= 0.3 is 0 Å². The Morgan fingerprint density at radius 1 is 1.27 bits per heavy atom. The number of rotatable bonds is 1. The maximum absolute atomic E-state index is 8.76. The molecule has 0 aromatic rings. The molecule has 0 aliphatic heterocycles. The first-order valence-electron chi connectivity index (χ1n) is 4.62. The highest BCUT2D eigenvalue weighted by Crippen LogP contribution is 2.46. The highest BCUT2D eigenvalue weighted by molar-refractivity contribution is 5.06. The lowest BCUT2D eigenvalue weighted by Crippen LogP contribution is -2.32. The molecule has 1 fully saturated rings. The van der Waals surface area contributed by atoms with Crippen molar-refractivity contribution >= 4 is 0 Å². The highest BCUT2D eigenvalue weighted by atomic mass is 14.5. The summed E-state index contributed by atoms with van der Waals surface area (Å²) in [5.41, 5.74) is 0.0694. The molecule has 0 saturated heterocycles. The zero-order valence-electron chi connectivity index (χ0n) is 8.15. The van der Waals surface area contributed by atoms with Crippen LogP contribution in [0.2, 0.25) is 0 Å². The van der Waals surface area contributed by atoms with Crippen LogP contribution in [0.15, 0.2) is 0 Å². The van der Waals surface area contributed by atoms with E-state index in [1.165, 1.54) is 6.42 Å². The van der Waals surface area contributed by atoms with E-state index < -0.39 is 0 Å². The molecule has 0 N–H and O–H groups in total. The van der Waals surface area contributed by atoms with Gasteiger partial charge in [-0.2, -0.15) is 5.26 Å². The van der Waals surface area contributed by atoms with Crippen molar-refractivity contribution in [3.05, 3.63) is 0 Å². The normalized spacial score (nSPS) is 19.3. The van der Waals surface area contributed by atoms with Gasteiger partial charge in [-0.1, -0.05) is 34.1 Å². The van der Waals surface area contributed by atoms with Gasteiger partial charge in [0.05, 0.1) is 11.5 Å². The van der Waals surface area contributed by atoms with Gasteiger partial charge in [-0.3, -0.25) is 0 Å². The van der Waals surface area contributed by atoms with Crippen LogP contribution in [0.3, 0.4) is 0 Å². The minimum Gasteiger partial charge on any atom is -0.198 e. The van der Waals surface area contributed by atoms with E-state index >= 15 is 0 Å². The summed E-state index contributed by atoms with van der Waals surface area (Å²) in [5, 5.41) is 8.76. The molecule has 0 bridgehead atoms. The van der Waals surface area contributed by atoms with E-state index in [1.807, 2.05) is 13.8 Å². The van der Waals surface area contributed by atoms with Crippen LogP contribution in [0.5, 0.6) is 0 Å². The van der Waals surface area contributed by atoms with Gasteiger partial charge in [0.15, 0.2) is 0 Å². The molecule has 1 nitrogen and oxygen atoms in total. The van der Waals surface area contributed by atoms with Crippen molar-refractivity contribution in [2.75, 3.05) is 0 Å². The van der Waals surface area contributed by atoms with Crippen LogP contribution in [0.4, 0.5) is 0 Å². The van der Waals surface area contributed by atoms with E-state index in [0.29, 0.717) is 5.92 Å². The van der Waals surface area contributed by atoms with Gasteiger partial charge in [0.2, 0.25) is 0 Å². The van der Waals surface area contributed by atoms with Crippen molar-refractivity contribution in [2.45, 2.75) is 47.0 Å². The Kier molecular flexibility index (Phi) is 4.18. The summed E-state index contributed by atoms with van der Waals surface area (Å²) in [6.45, 7) is 8.28. The first-order chi connectivity index (χ1) is 5.21. The third-order valence-electron chi connectivity index (χ3n) is 2.57. The summed E-state index contributed by atoms with van der Waals surface area (Å²) in [6.07, 6.45) is 3.51. The summed E-state index contributed by atoms with van der Waals surface area (Å²) < 4.78 is 0. The highest BCUT2D eigenvalue weighted by Gasteiger charge is 2.39. The van der Waals surface area contributed by atoms with Crippen LogP contribution in [0, 0.1) is 22.7 Å². The van der Waals surface area contributed by atoms with Gasteiger partial charge in [0.1, 0.15) is 0 Å². The predicted molar refractivity (Wildman–Crippen MR) is 48.1 cm³/mol. The first-order valence-corrected chi connectivity index (χ1v) is 4.62. The van der Waals surface area contributed by atoms with Crippen molar-refractivity contribution in [3.63, 3.8) is 0 Å². The largest absolute Gasteiger partial charge is 0.198 e. The molecule has 11 heavy (non-hydrogen) atoms. The molecule has 0 radical (unpaired) electrons. The number of hydrogen-bond donors (Lipinski definition) is 0. The van der Waals surface area contributed by atoms with Crippen LogP contribution in [-0.2, 0) is 0 Å². The number of nitrogens with zero attached hydrogens (tertiary/aromatic N) is 1. The summed E-state index contributed by atoms with van der Waals surface area (Å²) in [4.78, 5) is 0. The van der Waals surface area contributed by atoms with Crippen molar-refractivity contribution in [1.82, 2.24) is 0 Å². The minimum atomic E-state index is 0.0694. The van der Waals surface area contributed by atoms with Gasteiger partial charge < -0.3 is 0 Å². The Balaban J connectivity index is 0.000000461. The van der Waals surface area contributed by atoms with Crippen LogP contribution in [-0.4, -0.2) is 0 Å². The van der Waals surface area contributed by atoms with E-state index in [0.717, 1.165) is 12.8 Å². The molecule has 0 amide bonds. The van der Waals surface area contributed by atoms with Crippen molar-refractivity contribution in [2.24, 2.45) is 11.3 Å². The van der Waals surface area contributed by atoms with Gasteiger partial charge in [-0.15, -0.1) is 0 Å². The number of hydrogen-bond acceptors (Lipinski definition) is 1. The van der Waals surface area contributed by atoms with Gasteiger partial charge in [0, 0.05) is 0 Å². The molecule has 0 aromatic heterocycles. The molecule has 0 aromatic carbocycles. The molecular formula is C10H19N. The maximum atomic E-state index is 8.76. The molecule has 1 rings (SSSR count). The monoisotopic (exact) mass is 153 g/mol. The fourth-order valence-electron chi connectivity index (χ4n) is 1.38. The predicted octanol–water partition coefficient (Wildman–Crippen LogP) is 3.36. The summed E-state index contributed by atoms with van der Waals surface area (Å²) in [5.74, 6) is 0.552. The first kappa shape index (κ1) is 10.5.